The van der Waals surface area contributed by atoms with E-state index in [2.05, 4.69) is 69.9 Å². The number of benzene rings is 3. The summed E-state index contributed by atoms with van der Waals surface area (Å²) >= 11 is 1.79. The Morgan fingerprint density at radius 3 is 2.75 bits per heavy atom. The molecule has 0 amide bonds. The van der Waals surface area contributed by atoms with Gasteiger partial charge in [-0.15, -0.1) is 9.24 Å². The van der Waals surface area contributed by atoms with E-state index >= 15 is 0 Å². The second kappa shape index (κ2) is 8.27. The third kappa shape index (κ3) is 3.97. The zero-order valence-electron chi connectivity index (χ0n) is 16.3. The molecule has 0 N–H and O–H groups in total. The quantitative estimate of drug-likeness (QED) is 0.366. The molecule has 28 heavy (non-hydrogen) atoms. The number of halogens is 1. The first-order valence-corrected chi connectivity index (χ1v) is 11.1. The maximum atomic E-state index is 14.2. The molecule has 0 aromatic heterocycles. The molecule has 4 rings (SSSR count). The summed E-state index contributed by atoms with van der Waals surface area (Å²) in [5.41, 5.74) is 6.99. The number of rotatable bonds is 4. The standard InChI is InChI=1S/C24H25FNPS/c1-3-17-13-20(25)15-22(24(17)27)19-10-9-18-7-5-11-26(23(18)14-19)28-21-8-4-6-16(2)12-21/h4,6,8-10,12-15H,3,5,7,11,27H2,1-2H3. The Morgan fingerprint density at radius 1 is 1.11 bits per heavy atom. The highest BCUT2D eigenvalue weighted by Crippen LogP contribution is 2.38. The highest BCUT2D eigenvalue weighted by Gasteiger charge is 2.20. The number of hydrogen-bond acceptors (Lipinski definition) is 2. The lowest BCUT2D eigenvalue weighted by atomic mass is 9.96. The zero-order valence-corrected chi connectivity index (χ0v) is 18.3. The van der Waals surface area contributed by atoms with Crippen molar-refractivity contribution in [2.45, 2.75) is 38.0 Å². The number of hydrogen-bond donors (Lipinski definition) is 0. The van der Waals surface area contributed by atoms with E-state index in [-0.39, 0.29) is 5.82 Å². The molecular formula is C24H25FNPS. The van der Waals surface area contributed by atoms with Gasteiger partial charge in [0.25, 0.3) is 0 Å². The second-order valence-electron chi connectivity index (χ2n) is 7.34. The molecule has 1 nitrogen and oxygen atoms in total. The molecule has 0 saturated heterocycles. The van der Waals surface area contributed by atoms with E-state index in [1.165, 1.54) is 21.7 Å². The van der Waals surface area contributed by atoms with Crippen molar-refractivity contribution in [1.29, 1.82) is 0 Å². The van der Waals surface area contributed by atoms with Gasteiger partial charge in [0.1, 0.15) is 5.82 Å². The predicted octanol–water partition coefficient (Wildman–Crippen LogP) is 6.32. The van der Waals surface area contributed by atoms with Crippen LogP contribution in [-0.2, 0) is 12.8 Å². The highest BCUT2D eigenvalue weighted by atomic mass is 32.2. The van der Waals surface area contributed by atoms with E-state index in [4.69, 9.17) is 0 Å². The Balaban J connectivity index is 1.73. The van der Waals surface area contributed by atoms with Crippen molar-refractivity contribution >= 4 is 32.2 Å². The van der Waals surface area contributed by atoms with Crippen molar-refractivity contribution in [3.8, 4) is 11.1 Å². The first-order valence-electron chi connectivity index (χ1n) is 9.78. The van der Waals surface area contributed by atoms with Crippen LogP contribution in [0.5, 0.6) is 0 Å². The van der Waals surface area contributed by atoms with Gasteiger partial charge in [-0.1, -0.05) is 31.2 Å². The lowest BCUT2D eigenvalue weighted by Gasteiger charge is -2.30. The van der Waals surface area contributed by atoms with E-state index in [0.717, 1.165) is 47.8 Å². The van der Waals surface area contributed by atoms with Gasteiger partial charge in [-0.3, -0.25) is 0 Å². The van der Waals surface area contributed by atoms with Crippen molar-refractivity contribution in [2.75, 3.05) is 10.8 Å². The van der Waals surface area contributed by atoms with Crippen LogP contribution < -0.4 is 9.61 Å². The monoisotopic (exact) mass is 409 g/mol. The molecule has 3 aromatic carbocycles. The summed E-state index contributed by atoms with van der Waals surface area (Å²) in [7, 11) is 2.81. The van der Waals surface area contributed by atoms with Gasteiger partial charge in [-0.05, 0) is 102 Å². The molecule has 1 unspecified atom stereocenters. The average molecular weight is 410 g/mol. The van der Waals surface area contributed by atoms with Crippen molar-refractivity contribution in [3.05, 3.63) is 77.1 Å². The Hall–Kier alpha value is -1.83. The SMILES string of the molecule is CCc1cc(F)cc(-c2ccc3c(c2)N(Sc2cccc(C)c2)CCC3)c1P. The largest absolute Gasteiger partial charge is 0.312 e. The van der Waals surface area contributed by atoms with Crippen molar-refractivity contribution in [2.24, 2.45) is 0 Å². The van der Waals surface area contributed by atoms with Crippen LogP contribution in [-0.4, -0.2) is 6.54 Å². The lowest BCUT2D eigenvalue weighted by Crippen LogP contribution is -2.22. The normalized spacial score (nSPS) is 13.5. The predicted molar refractivity (Wildman–Crippen MR) is 123 cm³/mol. The van der Waals surface area contributed by atoms with Gasteiger partial charge in [-0.25, -0.2) is 4.39 Å². The number of fused-ring (bicyclic) bond motifs is 1. The van der Waals surface area contributed by atoms with E-state index < -0.39 is 0 Å². The van der Waals surface area contributed by atoms with E-state index in [9.17, 15) is 4.39 Å². The van der Waals surface area contributed by atoms with Crippen LogP contribution in [0.3, 0.4) is 0 Å². The Kier molecular flexibility index (Phi) is 5.75. The first kappa shape index (κ1) is 19.5. The van der Waals surface area contributed by atoms with Crippen LogP contribution in [0.2, 0.25) is 0 Å². The summed E-state index contributed by atoms with van der Waals surface area (Å²) in [4.78, 5) is 1.25. The first-order chi connectivity index (χ1) is 13.5. The fraction of sp³-hybridized carbons (Fsp3) is 0.250. The van der Waals surface area contributed by atoms with Crippen molar-refractivity contribution in [3.63, 3.8) is 0 Å². The van der Waals surface area contributed by atoms with Gasteiger partial charge >= 0.3 is 0 Å². The molecule has 0 spiro atoms. The van der Waals surface area contributed by atoms with Crippen LogP contribution in [0.25, 0.3) is 11.1 Å². The third-order valence-corrected chi connectivity index (χ3v) is 7.04. The van der Waals surface area contributed by atoms with Gasteiger partial charge in [0, 0.05) is 11.4 Å². The van der Waals surface area contributed by atoms with Gasteiger partial charge in [0.05, 0.1) is 5.69 Å². The molecule has 0 bridgehead atoms. The van der Waals surface area contributed by atoms with Crippen molar-refractivity contribution < 1.29 is 4.39 Å². The van der Waals surface area contributed by atoms with Gasteiger partial charge in [0.15, 0.2) is 0 Å². The minimum absolute atomic E-state index is 0.165. The Bertz CT molecular complexity index is 1020. The fourth-order valence-corrected chi connectivity index (χ4v) is 5.47. The molecule has 1 atom stereocenters. The third-order valence-electron chi connectivity index (χ3n) is 5.29. The summed E-state index contributed by atoms with van der Waals surface area (Å²) in [5.74, 6) is -0.165. The summed E-state index contributed by atoms with van der Waals surface area (Å²) < 4.78 is 16.6. The molecule has 1 aliphatic heterocycles. The van der Waals surface area contributed by atoms with E-state index in [1.54, 1.807) is 24.1 Å². The molecule has 1 heterocycles. The van der Waals surface area contributed by atoms with Gasteiger partial charge < -0.3 is 4.31 Å². The zero-order chi connectivity index (χ0) is 19.7. The van der Waals surface area contributed by atoms with Gasteiger partial charge in [-0.2, -0.15) is 0 Å². The highest BCUT2D eigenvalue weighted by molar-refractivity contribution is 8.00. The Labute approximate surface area is 173 Å². The summed E-state index contributed by atoms with van der Waals surface area (Å²) in [6, 6.07) is 18.5. The van der Waals surface area contributed by atoms with Gasteiger partial charge in [0.2, 0.25) is 0 Å². The van der Waals surface area contributed by atoms with Crippen LogP contribution in [0.15, 0.2) is 59.5 Å². The van der Waals surface area contributed by atoms with Crippen LogP contribution in [0.4, 0.5) is 10.1 Å². The minimum Gasteiger partial charge on any atom is -0.312 e. The fourth-order valence-electron chi connectivity index (χ4n) is 3.81. The van der Waals surface area contributed by atoms with Crippen LogP contribution in [0.1, 0.15) is 30.0 Å². The maximum absolute atomic E-state index is 14.2. The second-order valence-corrected chi connectivity index (χ2v) is 9.01. The van der Waals surface area contributed by atoms with Crippen molar-refractivity contribution in [1.82, 2.24) is 0 Å². The molecule has 3 aromatic rings. The molecule has 0 fully saturated rings. The molecule has 1 aliphatic rings. The van der Waals surface area contributed by atoms with E-state index in [1.807, 2.05) is 0 Å². The number of anilines is 1. The summed E-state index contributed by atoms with van der Waals surface area (Å²) in [6.45, 7) is 5.22. The average Bonchev–Trinajstić information content (AvgIpc) is 2.69. The number of nitrogens with zero attached hydrogens (tertiary/aromatic N) is 1. The summed E-state index contributed by atoms with van der Waals surface area (Å²) in [5, 5.41) is 1.09. The molecule has 0 saturated carbocycles. The molecular weight excluding hydrogens is 384 g/mol. The topological polar surface area (TPSA) is 3.24 Å². The number of aryl methyl sites for hydroxylation is 3. The minimum atomic E-state index is -0.165. The molecule has 4 heteroatoms. The Morgan fingerprint density at radius 2 is 1.96 bits per heavy atom. The molecule has 0 aliphatic carbocycles. The van der Waals surface area contributed by atoms with Crippen LogP contribution in [0, 0.1) is 12.7 Å². The summed E-state index contributed by atoms with van der Waals surface area (Å²) in [6.07, 6.45) is 3.07. The van der Waals surface area contributed by atoms with Crippen LogP contribution >= 0.6 is 21.2 Å². The maximum Gasteiger partial charge on any atom is 0.124 e. The molecule has 144 valence electrons. The van der Waals surface area contributed by atoms with E-state index in [0.29, 0.717) is 0 Å². The lowest BCUT2D eigenvalue weighted by molar-refractivity contribution is 0.627. The molecule has 0 radical (unpaired) electrons. The smallest absolute Gasteiger partial charge is 0.124 e.